The van der Waals surface area contributed by atoms with Crippen LogP contribution in [0.15, 0.2) is 42.9 Å². The van der Waals surface area contributed by atoms with Crippen molar-refractivity contribution in [3.63, 3.8) is 0 Å². The smallest absolute Gasteiger partial charge is 0.220 e. The third-order valence-electron chi connectivity index (χ3n) is 2.79. The summed E-state index contributed by atoms with van der Waals surface area (Å²) in [4.78, 5) is 19.6. The minimum absolute atomic E-state index is 0.0122. The monoisotopic (exact) mass is 256 g/mol. The summed E-state index contributed by atoms with van der Waals surface area (Å²) in [5.41, 5.74) is 8.34. The quantitative estimate of drug-likeness (QED) is 0.790. The first-order chi connectivity index (χ1) is 9.25. The van der Waals surface area contributed by atoms with Crippen LogP contribution in [-0.4, -0.2) is 15.9 Å². The topological polar surface area (TPSA) is 80.9 Å². The van der Waals surface area contributed by atoms with Crippen LogP contribution in [0.3, 0.4) is 0 Å². The van der Waals surface area contributed by atoms with Gasteiger partial charge in [-0.2, -0.15) is 0 Å². The molecular weight excluding hydrogens is 240 g/mol. The average Bonchev–Trinajstić information content (AvgIpc) is 2.45. The van der Waals surface area contributed by atoms with Crippen LogP contribution in [0.25, 0.3) is 0 Å². The van der Waals surface area contributed by atoms with E-state index in [9.17, 15) is 4.79 Å². The van der Waals surface area contributed by atoms with Crippen molar-refractivity contribution in [3.05, 3.63) is 54.1 Å². The van der Waals surface area contributed by atoms with Crippen LogP contribution < -0.4 is 11.1 Å². The van der Waals surface area contributed by atoms with E-state index in [0.29, 0.717) is 19.4 Å². The van der Waals surface area contributed by atoms with Crippen LogP contribution in [0, 0.1) is 0 Å². The summed E-state index contributed by atoms with van der Waals surface area (Å²) in [5, 5.41) is 2.82. The molecule has 3 N–H and O–H groups in total. The lowest BCUT2D eigenvalue weighted by molar-refractivity contribution is -0.121. The highest BCUT2D eigenvalue weighted by Gasteiger charge is 2.04. The van der Waals surface area contributed by atoms with Crippen LogP contribution in [0.4, 0.5) is 5.69 Å². The van der Waals surface area contributed by atoms with Crippen molar-refractivity contribution in [2.45, 2.75) is 19.4 Å². The van der Waals surface area contributed by atoms with Crippen LogP contribution in [-0.2, 0) is 17.8 Å². The van der Waals surface area contributed by atoms with Crippen molar-refractivity contribution >= 4 is 11.6 Å². The standard InChI is InChI=1S/C14H16N4O/c15-13-4-2-1-3-11(13)5-6-14(19)17-9-12-7-8-16-10-18-12/h1-4,7-8,10H,5-6,9,15H2,(H,17,19). The molecule has 0 saturated carbocycles. The first kappa shape index (κ1) is 13.0. The Kier molecular flexibility index (Phi) is 4.44. The first-order valence-corrected chi connectivity index (χ1v) is 6.10. The Balaban J connectivity index is 1.78. The molecule has 1 aromatic carbocycles. The number of hydrogen-bond acceptors (Lipinski definition) is 4. The Hall–Kier alpha value is -2.43. The molecule has 0 saturated heterocycles. The summed E-state index contributed by atoms with van der Waals surface area (Å²) >= 11 is 0. The van der Waals surface area contributed by atoms with Crippen LogP contribution in [0.5, 0.6) is 0 Å². The Bertz CT molecular complexity index is 542. The third kappa shape index (κ3) is 4.06. The van der Waals surface area contributed by atoms with E-state index in [1.807, 2.05) is 24.3 Å². The molecule has 1 amide bonds. The Morgan fingerprint density at radius 2 is 2.11 bits per heavy atom. The molecule has 1 aromatic heterocycles. The lowest BCUT2D eigenvalue weighted by Gasteiger charge is -2.06. The van der Waals surface area contributed by atoms with Gasteiger partial charge in [0, 0.05) is 18.3 Å². The maximum atomic E-state index is 11.7. The van der Waals surface area contributed by atoms with Crippen molar-refractivity contribution in [2.75, 3.05) is 5.73 Å². The molecular formula is C14H16N4O. The van der Waals surface area contributed by atoms with E-state index in [0.717, 1.165) is 16.9 Å². The summed E-state index contributed by atoms with van der Waals surface area (Å²) in [6, 6.07) is 9.36. The van der Waals surface area contributed by atoms with Gasteiger partial charge in [0.25, 0.3) is 0 Å². The SMILES string of the molecule is Nc1ccccc1CCC(=O)NCc1ccncn1. The molecule has 0 aliphatic heterocycles. The fourth-order valence-electron chi connectivity index (χ4n) is 1.71. The summed E-state index contributed by atoms with van der Waals surface area (Å²) in [6.45, 7) is 0.422. The van der Waals surface area contributed by atoms with E-state index in [2.05, 4.69) is 15.3 Å². The Morgan fingerprint density at radius 3 is 2.84 bits per heavy atom. The second-order valence-electron chi connectivity index (χ2n) is 4.18. The summed E-state index contributed by atoms with van der Waals surface area (Å²) in [7, 11) is 0. The van der Waals surface area contributed by atoms with E-state index < -0.39 is 0 Å². The Labute approximate surface area is 111 Å². The normalized spacial score (nSPS) is 10.1. The number of carbonyl (C=O) groups is 1. The molecule has 1 heterocycles. The van der Waals surface area contributed by atoms with Gasteiger partial charge in [-0.3, -0.25) is 4.79 Å². The summed E-state index contributed by atoms with van der Waals surface area (Å²) in [5.74, 6) is -0.0122. The lowest BCUT2D eigenvalue weighted by atomic mass is 10.1. The highest BCUT2D eigenvalue weighted by Crippen LogP contribution is 2.12. The second-order valence-corrected chi connectivity index (χ2v) is 4.18. The van der Waals surface area contributed by atoms with E-state index in [1.165, 1.54) is 6.33 Å². The molecule has 19 heavy (non-hydrogen) atoms. The maximum absolute atomic E-state index is 11.7. The summed E-state index contributed by atoms with van der Waals surface area (Å²) in [6.07, 6.45) is 4.17. The number of carbonyl (C=O) groups excluding carboxylic acids is 1. The number of nitrogens with two attached hydrogens (primary N) is 1. The van der Waals surface area contributed by atoms with Crippen LogP contribution >= 0.6 is 0 Å². The molecule has 5 nitrogen and oxygen atoms in total. The van der Waals surface area contributed by atoms with Gasteiger partial charge in [0.2, 0.25) is 5.91 Å². The van der Waals surface area contributed by atoms with Gasteiger partial charge in [-0.05, 0) is 24.1 Å². The number of nitrogen functional groups attached to an aromatic ring is 1. The fourth-order valence-corrected chi connectivity index (χ4v) is 1.71. The molecule has 0 aliphatic carbocycles. The van der Waals surface area contributed by atoms with Gasteiger partial charge < -0.3 is 11.1 Å². The molecule has 0 unspecified atom stereocenters. The van der Waals surface area contributed by atoms with Crippen LogP contribution in [0.1, 0.15) is 17.7 Å². The number of nitrogens with zero attached hydrogens (tertiary/aromatic N) is 2. The highest BCUT2D eigenvalue weighted by molar-refractivity contribution is 5.76. The molecule has 0 bridgehead atoms. The molecule has 2 aromatic rings. The van der Waals surface area contributed by atoms with E-state index in [1.54, 1.807) is 12.3 Å². The number of benzene rings is 1. The molecule has 0 spiro atoms. The highest BCUT2D eigenvalue weighted by atomic mass is 16.1. The van der Waals surface area contributed by atoms with E-state index >= 15 is 0 Å². The van der Waals surface area contributed by atoms with Gasteiger partial charge in [0.05, 0.1) is 12.2 Å². The number of anilines is 1. The summed E-state index contributed by atoms with van der Waals surface area (Å²) < 4.78 is 0. The number of para-hydroxylation sites is 1. The van der Waals surface area contributed by atoms with Gasteiger partial charge in [-0.25, -0.2) is 9.97 Å². The van der Waals surface area contributed by atoms with Crippen LogP contribution in [0.2, 0.25) is 0 Å². The molecule has 98 valence electrons. The zero-order valence-corrected chi connectivity index (χ0v) is 10.5. The van der Waals surface area contributed by atoms with Gasteiger partial charge >= 0.3 is 0 Å². The van der Waals surface area contributed by atoms with E-state index in [4.69, 9.17) is 5.73 Å². The fraction of sp³-hybridized carbons (Fsp3) is 0.214. The van der Waals surface area contributed by atoms with Crippen molar-refractivity contribution in [2.24, 2.45) is 0 Å². The van der Waals surface area contributed by atoms with Crippen molar-refractivity contribution in [1.82, 2.24) is 15.3 Å². The molecule has 0 aliphatic rings. The largest absolute Gasteiger partial charge is 0.399 e. The van der Waals surface area contributed by atoms with E-state index in [-0.39, 0.29) is 5.91 Å². The zero-order valence-electron chi connectivity index (χ0n) is 10.5. The number of nitrogens with one attached hydrogen (secondary N) is 1. The van der Waals surface area contributed by atoms with Crippen molar-refractivity contribution in [3.8, 4) is 0 Å². The predicted molar refractivity (Wildman–Crippen MR) is 73.1 cm³/mol. The number of hydrogen-bond donors (Lipinski definition) is 2. The maximum Gasteiger partial charge on any atom is 0.220 e. The minimum Gasteiger partial charge on any atom is -0.399 e. The average molecular weight is 256 g/mol. The number of aryl methyl sites for hydroxylation is 1. The zero-order chi connectivity index (χ0) is 13.5. The van der Waals surface area contributed by atoms with Crippen molar-refractivity contribution < 1.29 is 4.79 Å². The Morgan fingerprint density at radius 1 is 1.26 bits per heavy atom. The van der Waals surface area contributed by atoms with Crippen molar-refractivity contribution in [1.29, 1.82) is 0 Å². The second kappa shape index (κ2) is 6.49. The predicted octanol–water partition coefficient (Wildman–Crippen LogP) is 1.31. The lowest BCUT2D eigenvalue weighted by Crippen LogP contribution is -2.23. The number of rotatable bonds is 5. The molecule has 5 heteroatoms. The minimum atomic E-state index is -0.0122. The van der Waals surface area contributed by atoms with Gasteiger partial charge in [0.15, 0.2) is 0 Å². The number of amides is 1. The first-order valence-electron chi connectivity index (χ1n) is 6.10. The molecule has 0 atom stereocenters. The molecule has 2 rings (SSSR count). The molecule has 0 fully saturated rings. The third-order valence-corrected chi connectivity index (χ3v) is 2.79. The molecule has 0 radical (unpaired) electrons. The number of aromatic nitrogens is 2. The van der Waals surface area contributed by atoms with Gasteiger partial charge in [-0.1, -0.05) is 18.2 Å². The van der Waals surface area contributed by atoms with Gasteiger partial charge in [-0.15, -0.1) is 0 Å². The van der Waals surface area contributed by atoms with Gasteiger partial charge in [0.1, 0.15) is 6.33 Å².